The van der Waals surface area contributed by atoms with Gasteiger partial charge < -0.3 is 4.74 Å². The van der Waals surface area contributed by atoms with Crippen LogP contribution in [0.4, 0.5) is 0 Å². The molecule has 0 saturated heterocycles. The van der Waals surface area contributed by atoms with Crippen LogP contribution in [-0.4, -0.2) is 7.11 Å². The molecule has 0 spiro atoms. The quantitative estimate of drug-likeness (QED) is 0.509. The lowest BCUT2D eigenvalue weighted by Crippen LogP contribution is -1.84. The van der Waals surface area contributed by atoms with Crippen molar-refractivity contribution in [1.82, 2.24) is 0 Å². The van der Waals surface area contributed by atoms with Crippen LogP contribution in [0.1, 0.15) is 44.4 Å². The molecule has 0 amide bonds. The van der Waals surface area contributed by atoms with Gasteiger partial charge in [-0.3, -0.25) is 0 Å². The van der Waals surface area contributed by atoms with E-state index in [1.54, 1.807) is 7.11 Å². The van der Waals surface area contributed by atoms with E-state index in [1.807, 2.05) is 84.9 Å². The van der Waals surface area contributed by atoms with Crippen molar-refractivity contribution < 1.29 is 4.74 Å². The van der Waals surface area contributed by atoms with Crippen LogP contribution in [0.5, 0.6) is 5.75 Å². The van der Waals surface area contributed by atoms with Crippen LogP contribution in [0.2, 0.25) is 10.0 Å². The van der Waals surface area contributed by atoms with Gasteiger partial charge in [0.05, 0.1) is 12.1 Å². The third-order valence-electron chi connectivity index (χ3n) is 2.76. The van der Waals surface area contributed by atoms with E-state index < -0.39 is 0 Å². The molecule has 0 unspecified atom stereocenters. The summed E-state index contributed by atoms with van der Waals surface area (Å²) < 4.78 is 4.99. The highest BCUT2D eigenvalue weighted by Gasteiger charge is 2.00. The van der Waals surface area contributed by atoms with Gasteiger partial charge in [0.2, 0.25) is 0 Å². The van der Waals surface area contributed by atoms with E-state index in [-0.39, 0.29) is 0 Å². The lowest BCUT2D eigenvalue weighted by Gasteiger charge is -2.03. The van der Waals surface area contributed by atoms with E-state index in [9.17, 15) is 0 Å². The van der Waals surface area contributed by atoms with Crippen molar-refractivity contribution in [3.05, 3.63) is 63.1 Å². The van der Waals surface area contributed by atoms with Gasteiger partial charge in [0.1, 0.15) is 5.75 Å². The maximum atomic E-state index is 5.88. The van der Waals surface area contributed by atoms with Gasteiger partial charge in [-0.25, -0.2) is 0 Å². The second-order valence-corrected chi connectivity index (χ2v) is 5.05. The van der Waals surface area contributed by atoms with Crippen LogP contribution >= 0.6 is 23.2 Å². The Kier molecular flexibility index (Phi) is 15.1. The number of methoxy groups -OCH3 is 1. The maximum Gasteiger partial charge on any atom is 0.137 e. The molecule has 0 aliphatic carbocycles. The molecule has 0 fully saturated rings. The third-order valence-corrected chi connectivity index (χ3v) is 3.84. The Morgan fingerprint density at radius 2 is 1.00 bits per heavy atom. The molecule has 0 saturated carbocycles. The molecule has 0 N–H and O–H groups in total. The molecule has 2 rings (SSSR count). The largest absolute Gasteiger partial charge is 0.495 e. The van der Waals surface area contributed by atoms with Crippen LogP contribution in [0, 0.1) is 20.8 Å². The number of hydrogen-bond donors (Lipinski definition) is 0. The number of benzene rings is 2. The van der Waals surface area contributed by atoms with Crippen molar-refractivity contribution >= 4 is 23.2 Å². The Labute approximate surface area is 152 Å². The molecule has 0 radical (unpaired) electrons. The fraction of sp³-hybridized carbons (Fsp3) is 0.400. The molecule has 3 heteroatoms. The summed E-state index contributed by atoms with van der Waals surface area (Å²) in [6, 6.07) is 11.7. The van der Waals surface area contributed by atoms with Gasteiger partial charge in [-0.1, -0.05) is 81.2 Å². The van der Waals surface area contributed by atoms with E-state index in [0.717, 1.165) is 27.5 Å². The summed E-state index contributed by atoms with van der Waals surface area (Å²) >= 11 is 11.7. The number of rotatable bonds is 1. The molecule has 1 nitrogen and oxygen atoms in total. The summed E-state index contributed by atoms with van der Waals surface area (Å²) in [4.78, 5) is 0. The van der Waals surface area contributed by atoms with Crippen LogP contribution in [-0.2, 0) is 0 Å². The molecule has 0 aliphatic heterocycles. The van der Waals surface area contributed by atoms with Crippen LogP contribution < -0.4 is 4.74 Å². The molecule has 2 aromatic rings. The molecule has 130 valence electrons. The molecule has 0 bridgehead atoms. The van der Waals surface area contributed by atoms with E-state index in [4.69, 9.17) is 27.9 Å². The average Bonchev–Trinajstić information content (AvgIpc) is 2.59. The second kappa shape index (κ2) is 14.4. The molecule has 0 aliphatic rings. The number of halogens is 2. The van der Waals surface area contributed by atoms with E-state index >= 15 is 0 Å². The molecule has 0 aromatic heterocycles. The minimum atomic E-state index is 0.699. The summed E-state index contributed by atoms with van der Waals surface area (Å²) in [6.45, 7) is 14.0. The Hall–Kier alpha value is -1.18. The third kappa shape index (κ3) is 8.88. The van der Waals surface area contributed by atoms with Crippen molar-refractivity contribution in [3.63, 3.8) is 0 Å². The predicted octanol–water partition coefficient (Wildman–Crippen LogP) is 7.67. The summed E-state index contributed by atoms with van der Waals surface area (Å²) in [6.07, 6.45) is 0. The Morgan fingerprint density at radius 1 is 0.652 bits per heavy atom. The van der Waals surface area contributed by atoms with Gasteiger partial charge in [-0.05, 0) is 43.5 Å². The normalized spacial score (nSPS) is 8.43. The molecule has 0 atom stereocenters. The predicted molar refractivity (Wildman–Crippen MR) is 106 cm³/mol. The van der Waals surface area contributed by atoms with E-state index in [2.05, 4.69) is 0 Å². The van der Waals surface area contributed by atoms with Crippen molar-refractivity contribution in [1.29, 1.82) is 0 Å². The number of aryl methyl sites for hydroxylation is 3. The smallest absolute Gasteiger partial charge is 0.137 e. The number of ether oxygens (including phenoxy) is 1. The fourth-order valence-corrected chi connectivity index (χ4v) is 1.90. The SMILES string of the molecule is CC.CC.COc1cccc(C)c1Cl.Cc1cccc(C)c1Cl. The Morgan fingerprint density at radius 3 is 1.30 bits per heavy atom. The highest BCUT2D eigenvalue weighted by atomic mass is 35.5. The zero-order chi connectivity index (χ0) is 18.4. The lowest BCUT2D eigenvalue weighted by atomic mass is 10.2. The van der Waals surface area contributed by atoms with Crippen molar-refractivity contribution in [2.24, 2.45) is 0 Å². The lowest BCUT2D eigenvalue weighted by molar-refractivity contribution is 0.414. The van der Waals surface area contributed by atoms with Crippen molar-refractivity contribution in [2.45, 2.75) is 48.5 Å². The van der Waals surface area contributed by atoms with E-state index in [1.165, 1.54) is 0 Å². The summed E-state index contributed by atoms with van der Waals surface area (Å²) in [5.74, 6) is 0.738. The summed E-state index contributed by atoms with van der Waals surface area (Å²) in [5, 5.41) is 1.59. The standard InChI is InChI=1S/C8H9ClO.C8H9Cl.2C2H6/c1-6-4-3-5-7(10-2)8(6)9;1-6-4-3-5-7(2)8(6)9;2*1-2/h3-5H,1-2H3;3-5H,1-2H3;2*1-2H3. The van der Waals surface area contributed by atoms with Gasteiger partial charge in [0.25, 0.3) is 0 Å². The summed E-state index contributed by atoms with van der Waals surface area (Å²) in [7, 11) is 1.61. The van der Waals surface area contributed by atoms with Crippen LogP contribution in [0.15, 0.2) is 36.4 Å². The van der Waals surface area contributed by atoms with Gasteiger partial charge in [-0.15, -0.1) is 0 Å². The van der Waals surface area contributed by atoms with Crippen molar-refractivity contribution in [2.75, 3.05) is 7.11 Å². The van der Waals surface area contributed by atoms with Crippen LogP contribution in [0.25, 0.3) is 0 Å². The maximum absolute atomic E-state index is 5.88. The highest BCUT2D eigenvalue weighted by molar-refractivity contribution is 6.32. The molecule has 0 heterocycles. The first-order valence-electron chi connectivity index (χ1n) is 7.98. The van der Waals surface area contributed by atoms with Gasteiger partial charge in [-0.2, -0.15) is 0 Å². The molecule has 23 heavy (non-hydrogen) atoms. The highest BCUT2D eigenvalue weighted by Crippen LogP contribution is 2.26. The van der Waals surface area contributed by atoms with E-state index in [0.29, 0.717) is 5.02 Å². The Bertz CT molecular complexity index is 531. The first kappa shape index (κ1) is 24.1. The second-order valence-electron chi connectivity index (χ2n) is 4.30. The monoisotopic (exact) mass is 356 g/mol. The van der Waals surface area contributed by atoms with Gasteiger partial charge >= 0.3 is 0 Å². The first-order valence-corrected chi connectivity index (χ1v) is 8.73. The molecular formula is C20H30Cl2O. The van der Waals surface area contributed by atoms with Gasteiger partial charge in [0.15, 0.2) is 0 Å². The first-order chi connectivity index (χ1) is 11.0. The average molecular weight is 357 g/mol. The minimum Gasteiger partial charge on any atom is -0.495 e. The fourth-order valence-electron chi connectivity index (χ4n) is 1.57. The zero-order valence-corrected chi connectivity index (χ0v) is 17.1. The topological polar surface area (TPSA) is 9.23 Å². The number of hydrogen-bond acceptors (Lipinski definition) is 1. The summed E-state index contributed by atoms with van der Waals surface area (Å²) in [5.41, 5.74) is 3.34. The minimum absolute atomic E-state index is 0.699. The van der Waals surface area contributed by atoms with Crippen molar-refractivity contribution in [3.8, 4) is 5.75 Å². The molecule has 2 aromatic carbocycles. The molecular weight excluding hydrogens is 327 g/mol. The zero-order valence-electron chi connectivity index (χ0n) is 15.6. The Balaban J connectivity index is 0. The van der Waals surface area contributed by atoms with Crippen LogP contribution in [0.3, 0.4) is 0 Å². The van der Waals surface area contributed by atoms with Gasteiger partial charge in [0, 0.05) is 5.02 Å².